The van der Waals surface area contributed by atoms with Crippen molar-refractivity contribution in [2.24, 2.45) is 0 Å². The number of hydrogen-bond donors (Lipinski definition) is 0. The summed E-state index contributed by atoms with van der Waals surface area (Å²) in [4.78, 5) is 18.0. The minimum Gasteiger partial charge on any atom is -0.497 e. The van der Waals surface area contributed by atoms with Crippen molar-refractivity contribution in [3.63, 3.8) is 0 Å². The van der Waals surface area contributed by atoms with Crippen molar-refractivity contribution in [2.45, 2.75) is 26.0 Å². The second kappa shape index (κ2) is 7.27. The number of pyridine rings is 1. The highest BCUT2D eigenvalue weighted by molar-refractivity contribution is 5.96. The van der Waals surface area contributed by atoms with Crippen LogP contribution >= 0.6 is 0 Å². The molecule has 2 aromatic carbocycles. The summed E-state index contributed by atoms with van der Waals surface area (Å²) in [5.41, 5.74) is 5.38. The largest absolute Gasteiger partial charge is 0.497 e. The molecule has 4 rings (SSSR count). The third kappa shape index (κ3) is 3.21. The van der Waals surface area contributed by atoms with Crippen molar-refractivity contribution in [3.8, 4) is 5.75 Å². The van der Waals surface area contributed by atoms with Crippen molar-refractivity contribution in [2.75, 3.05) is 18.6 Å². The molecule has 1 aromatic heterocycles. The molecule has 1 aliphatic heterocycles. The fourth-order valence-electron chi connectivity index (χ4n) is 3.85. The van der Waals surface area contributed by atoms with E-state index in [1.807, 2.05) is 43.3 Å². The van der Waals surface area contributed by atoms with Gasteiger partial charge in [0.05, 0.1) is 18.3 Å². The Labute approximate surface area is 158 Å². The highest BCUT2D eigenvalue weighted by Crippen LogP contribution is 2.40. The smallest absolute Gasteiger partial charge is 0.295 e. The molecule has 5 nitrogen and oxygen atoms in total. The first-order valence-corrected chi connectivity index (χ1v) is 9.08. The summed E-state index contributed by atoms with van der Waals surface area (Å²) in [6, 6.07) is 16.2. The lowest BCUT2D eigenvalue weighted by atomic mass is 10.1. The molecule has 0 N–H and O–H groups in total. The van der Waals surface area contributed by atoms with Gasteiger partial charge in [-0.3, -0.25) is 9.78 Å². The summed E-state index contributed by atoms with van der Waals surface area (Å²) in [6.07, 6.45) is 1.21. The van der Waals surface area contributed by atoms with Gasteiger partial charge in [0.1, 0.15) is 5.75 Å². The second-order valence-corrected chi connectivity index (χ2v) is 6.73. The Kier molecular flexibility index (Phi) is 4.67. The maximum atomic E-state index is 11.1. The minimum atomic E-state index is -0.307. The van der Waals surface area contributed by atoms with E-state index >= 15 is 0 Å². The van der Waals surface area contributed by atoms with Crippen LogP contribution in [0.15, 0.2) is 48.5 Å². The van der Waals surface area contributed by atoms with Gasteiger partial charge in [0, 0.05) is 29.6 Å². The van der Waals surface area contributed by atoms with Gasteiger partial charge in [-0.05, 0) is 37.1 Å². The maximum absolute atomic E-state index is 11.1. The van der Waals surface area contributed by atoms with Crippen molar-refractivity contribution >= 4 is 23.1 Å². The van der Waals surface area contributed by atoms with Gasteiger partial charge in [0.25, 0.3) is 6.47 Å². The number of carbonyl (C=O) groups is 1. The number of hydrogen-bond acceptors (Lipinski definition) is 5. The molecule has 0 bridgehead atoms. The lowest BCUT2D eigenvalue weighted by Crippen LogP contribution is -2.35. The normalized spacial score (nSPS) is 15.6. The summed E-state index contributed by atoms with van der Waals surface area (Å²) in [6.45, 7) is 3.31. The predicted molar refractivity (Wildman–Crippen MR) is 105 cm³/mol. The molecule has 0 aliphatic carbocycles. The van der Waals surface area contributed by atoms with Gasteiger partial charge in [0.15, 0.2) is 6.23 Å². The highest BCUT2D eigenvalue weighted by atomic mass is 16.5. The number of nitrogens with zero attached hydrogens (tertiary/aromatic N) is 2. The molecule has 0 saturated heterocycles. The van der Waals surface area contributed by atoms with Crippen LogP contribution in [0.25, 0.3) is 10.9 Å². The summed E-state index contributed by atoms with van der Waals surface area (Å²) < 4.78 is 10.9. The van der Waals surface area contributed by atoms with Crippen molar-refractivity contribution < 1.29 is 14.3 Å². The maximum Gasteiger partial charge on any atom is 0.295 e. The number of ether oxygens (including phenoxy) is 2. The van der Waals surface area contributed by atoms with Gasteiger partial charge >= 0.3 is 0 Å². The SMILES string of the molecule is COc1ccc2nc(C)c3c(c2c1)N(CCc1ccccc1)C(OC=O)C3. The van der Waals surface area contributed by atoms with Crippen molar-refractivity contribution in [1.29, 1.82) is 0 Å². The third-order valence-electron chi connectivity index (χ3n) is 5.18. The number of carbonyl (C=O) groups excluding carboxylic acids is 1. The first-order chi connectivity index (χ1) is 13.2. The fourth-order valence-corrected chi connectivity index (χ4v) is 3.85. The van der Waals surface area contributed by atoms with E-state index in [0.717, 1.165) is 46.6 Å². The van der Waals surface area contributed by atoms with E-state index in [0.29, 0.717) is 12.9 Å². The molecular weight excluding hydrogens is 340 g/mol. The lowest BCUT2D eigenvalue weighted by Gasteiger charge is -2.27. The van der Waals surface area contributed by atoms with E-state index in [4.69, 9.17) is 14.5 Å². The average molecular weight is 362 g/mol. The topological polar surface area (TPSA) is 51.7 Å². The highest BCUT2D eigenvalue weighted by Gasteiger charge is 2.34. The van der Waals surface area contributed by atoms with Crippen LogP contribution < -0.4 is 9.64 Å². The van der Waals surface area contributed by atoms with Crippen LogP contribution in [0.5, 0.6) is 5.75 Å². The van der Waals surface area contributed by atoms with Crippen LogP contribution in [0.3, 0.4) is 0 Å². The van der Waals surface area contributed by atoms with E-state index < -0.39 is 0 Å². The van der Waals surface area contributed by atoms with Crippen LogP contribution in [0.4, 0.5) is 5.69 Å². The number of aromatic nitrogens is 1. The zero-order valence-corrected chi connectivity index (χ0v) is 15.5. The number of anilines is 1. The van der Waals surface area contributed by atoms with E-state index in [9.17, 15) is 4.79 Å². The van der Waals surface area contributed by atoms with E-state index in [2.05, 4.69) is 17.0 Å². The average Bonchev–Trinajstić information content (AvgIpc) is 3.06. The van der Waals surface area contributed by atoms with E-state index in [-0.39, 0.29) is 6.23 Å². The van der Waals surface area contributed by atoms with Crippen LogP contribution in [0.2, 0.25) is 0 Å². The third-order valence-corrected chi connectivity index (χ3v) is 5.18. The molecule has 3 aromatic rings. The van der Waals surface area contributed by atoms with Gasteiger partial charge in [-0.1, -0.05) is 30.3 Å². The van der Waals surface area contributed by atoms with Gasteiger partial charge in [-0.2, -0.15) is 0 Å². The van der Waals surface area contributed by atoms with Crippen molar-refractivity contribution in [1.82, 2.24) is 4.98 Å². The molecule has 1 aliphatic rings. The lowest BCUT2D eigenvalue weighted by molar-refractivity contribution is -0.133. The van der Waals surface area contributed by atoms with E-state index in [1.165, 1.54) is 5.56 Å². The fraction of sp³-hybridized carbons (Fsp3) is 0.273. The van der Waals surface area contributed by atoms with Crippen LogP contribution in [-0.4, -0.2) is 31.3 Å². The molecule has 5 heteroatoms. The zero-order valence-electron chi connectivity index (χ0n) is 15.5. The first-order valence-electron chi connectivity index (χ1n) is 9.08. The standard InChI is InChI=1S/C22H22N2O3/c1-15-18-13-21(27-14-25)24(11-10-16-6-4-3-5-7-16)22(18)19-12-17(26-2)8-9-20(19)23-15/h3-9,12,14,21H,10-11,13H2,1-2H3. The molecule has 1 unspecified atom stereocenters. The molecule has 2 heterocycles. The quantitative estimate of drug-likeness (QED) is 0.627. The Morgan fingerprint density at radius 2 is 2.04 bits per heavy atom. The minimum absolute atomic E-state index is 0.307. The summed E-state index contributed by atoms with van der Waals surface area (Å²) in [5.74, 6) is 0.790. The Balaban J connectivity index is 1.78. The summed E-state index contributed by atoms with van der Waals surface area (Å²) in [5, 5.41) is 1.03. The van der Waals surface area contributed by atoms with Crippen LogP contribution in [-0.2, 0) is 22.4 Å². The molecular formula is C22H22N2O3. The van der Waals surface area contributed by atoms with Gasteiger partial charge in [-0.25, -0.2) is 0 Å². The first kappa shape index (κ1) is 17.3. The number of methoxy groups -OCH3 is 1. The second-order valence-electron chi connectivity index (χ2n) is 6.73. The molecule has 0 amide bonds. The Hall–Kier alpha value is -3.08. The van der Waals surface area contributed by atoms with Gasteiger partial charge in [-0.15, -0.1) is 0 Å². The molecule has 0 saturated carbocycles. The van der Waals surface area contributed by atoms with Gasteiger partial charge < -0.3 is 14.4 Å². The Morgan fingerprint density at radius 1 is 1.22 bits per heavy atom. The summed E-state index contributed by atoms with van der Waals surface area (Å²) >= 11 is 0. The predicted octanol–water partition coefficient (Wildman–Crippen LogP) is 3.66. The number of benzene rings is 2. The molecule has 0 radical (unpaired) electrons. The molecule has 1 atom stereocenters. The van der Waals surface area contributed by atoms with Crippen LogP contribution in [0, 0.1) is 6.92 Å². The number of rotatable bonds is 6. The number of aryl methyl sites for hydroxylation is 1. The monoisotopic (exact) mass is 362 g/mol. The van der Waals surface area contributed by atoms with Gasteiger partial charge in [0.2, 0.25) is 0 Å². The Morgan fingerprint density at radius 3 is 2.78 bits per heavy atom. The molecule has 0 spiro atoms. The van der Waals surface area contributed by atoms with Crippen molar-refractivity contribution in [3.05, 3.63) is 65.4 Å². The molecule has 0 fully saturated rings. The van der Waals surface area contributed by atoms with E-state index in [1.54, 1.807) is 7.11 Å². The Bertz CT molecular complexity index is 972. The zero-order chi connectivity index (χ0) is 18.8. The molecule has 27 heavy (non-hydrogen) atoms. The number of fused-ring (bicyclic) bond motifs is 3. The van der Waals surface area contributed by atoms with Crippen LogP contribution in [0.1, 0.15) is 16.8 Å². The molecule has 138 valence electrons. The summed E-state index contributed by atoms with van der Waals surface area (Å²) in [7, 11) is 1.66.